The Balaban J connectivity index is 2.86. The number of aromatic nitrogens is 1. The molecule has 1 rings (SSSR count). The standard InChI is InChI=1S/C10H11Cl2NO2/c1-3-6(2)15-10(14)7-4-9(12)13-5-8(7)11/h4-6H,3H2,1-2H3. The Bertz CT molecular complexity index is 368. The Morgan fingerprint density at radius 2 is 2.27 bits per heavy atom. The number of hydrogen-bond acceptors (Lipinski definition) is 3. The smallest absolute Gasteiger partial charge is 0.340 e. The molecule has 5 heteroatoms. The van der Waals surface area contributed by atoms with E-state index in [4.69, 9.17) is 27.9 Å². The summed E-state index contributed by atoms with van der Waals surface area (Å²) in [6, 6.07) is 1.40. The molecule has 1 aromatic heterocycles. The van der Waals surface area contributed by atoms with E-state index in [1.54, 1.807) is 0 Å². The molecule has 1 atom stereocenters. The predicted molar refractivity (Wildman–Crippen MR) is 59.4 cm³/mol. The Morgan fingerprint density at radius 1 is 1.60 bits per heavy atom. The average molecular weight is 248 g/mol. The maximum atomic E-state index is 11.6. The molecular weight excluding hydrogens is 237 g/mol. The van der Waals surface area contributed by atoms with E-state index >= 15 is 0 Å². The summed E-state index contributed by atoms with van der Waals surface area (Å²) >= 11 is 11.4. The van der Waals surface area contributed by atoms with Gasteiger partial charge in [-0.1, -0.05) is 30.1 Å². The van der Waals surface area contributed by atoms with Gasteiger partial charge in [0.1, 0.15) is 5.15 Å². The first-order valence-corrected chi connectivity index (χ1v) is 5.32. The second-order valence-electron chi connectivity index (χ2n) is 3.11. The van der Waals surface area contributed by atoms with Gasteiger partial charge in [-0.2, -0.15) is 0 Å². The minimum Gasteiger partial charge on any atom is -0.459 e. The predicted octanol–water partition coefficient (Wildman–Crippen LogP) is 3.34. The normalized spacial score (nSPS) is 12.3. The first kappa shape index (κ1) is 12.3. The zero-order valence-corrected chi connectivity index (χ0v) is 9.97. The van der Waals surface area contributed by atoms with Crippen molar-refractivity contribution in [1.82, 2.24) is 4.98 Å². The summed E-state index contributed by atoms with van der Waals surface area (Å²) < 4.78 is 5.11. The Morgan fingerprint density at radius 3 is 2.87 bits per heavy atom. The van der Waals surface area contributed by atoms with Crippen LogP contribution in [0.5, 0.6) is 0 Å². The van der Waals surface area contributed by atoms with Crippen LogP contribution >= 0.6 is 23.2 Å². The van der Waals surface area contributed by atoms with E-state index in [-0.39, 0.29) is 21.8 Å². The van der Waals surface area contributed by atoms with E-state index in [0.29, 0.717) is 0 Å². The van der Waals surface area contributed by atoms with Crippen LogP contribution in [0.3, 0.4) is 0 Å². The van der Waals surface area contributed by atoms with Gasteiger partial charge in [0.25, 0.3) is 0 Å². The molecule has 1 aromatic rings. The third kappa shape index (κ3) is 3.36. The van der Waals surface area contributed by atoms with Gasteiger partial charge in [-0.3, -0.25) is 0 Å². The Kier molecular flexibility index (Phi) is 4.36. The van der Waals surface area contributed by atoms with Gasteiger partial charge < -0.3 is 4.74 Å². The molecule has 82 valence electrons. The molecule has 1 unspecified atom stereocenters. The highest BCUT2D eigenvalue weighted by Crippen LogP contribution is 2.19. The lowest BCUT2D eigenvalue weighted by Gasteiger charge is -2.11. The van der Waals surface area contributed by atoms with Crippen molar-refractivity contribution >= 4 is 29.2 Å². The van der Waals surface area contributed by atoms with Crippen LogP contribution in [0, 0.1) is 0 Å². The fourth-order valence-corrected chi connectivity index (χ4v) is 1.24. The quantitative estimate of drug-likeness (QED) is 0.608. The zero-order valence-electron chi connectivity index (χ0n) is 8.46. The van der Waals surface area contributed by atoms with Crippen molar-refractivity contribution in [2.24, 2.45) is 0 Å². The maximum Gasteiger partial charge on any atom is 0.340 e. The lowest BCUT2D eigenvalue weighted by atomic mass is 10.2. The molecule has 0 saturated heterocycles. The molecular formula is C10H11Cl2NO2. The lowest BCUT2D eigenvalue weighted by Crippen LogP contribution is -2.14. The van der Waals surface area contributed by atoms with Crippen molar-refractivity contribution in [2.45, 2.75) is 26.4 Å². The SMILES string of the molecule is CCC(C)OC(=O)c1cc(Cl)ncc1Cl. The summed E-state index contributed by atoms with van der Waals surface area (Å²) in [5, 5.41) is 0.461. The highest BCUT2D eigenvalue weighted by molar-refractivity contribution is 6.34. The molecule has 0 fully saturated rings. The number of ether oxygens (including phenoxy) is 1. The van der Waals surface area contributed by atoms with Gasteiger partial charge in [-0.05, 0) is 19.4 Å². The van der Waals surface area contributed by atoms with Gasteiger partial charge in [0, 0.05) is 6.20 Å². The molecule has 0 saturated carbocycles. The first-order valence-electron chi connectivity index (χ1n) is 4.56. The van der Waals surface area contributed by atoms with Gasteiger partial charge in [0.05, 0.1) is 16.7 Å². The Labute approximate surface area is 98.4 Å². The third-order valence-corrected chi connectivity index (χ3v) is 2.43. The number of hydrogen-bond donors (Lipinski definition) is 0. The third-order valence-electron chi connectivity index (χ3n) is 1.93. The maximum absolute atomic E-state index is 11.6. The number of pyridine rings is 1. The van der Waals surface area contributed by atoms with Crippen LogP contribution < -0.4 is 0 Å². The monoisotopic (exact) mass is 247 g/mol. The number of esters is 1. The van der Waals surface area contributed by atoms with E-state index < -0.39 is 5.97 Å². The second kappa shape index (κ2) is 5.33. The highest BCUT2D eigenvalue weighted by atomic mass is 35.5. The van der Waals surface area contributed by atoms with Gasteiger partial charge in [0.15, 0.2) is 0 Å². The number of carbonyl (C=O) groups excluding carboxylic acids is 1. The first-order chi connectivity index (χ1) is 7.04. The van der Waals surface area contributed by atoms with Gasteiger partial charge >= 0.3 is 5.97 Å². The summed E-state index contributed by atoms with van der Waals surface area (Å²) in [6.45, 7) is 3.74. The van der Waals surface area contributed by atoms with E-state index in [9.17, 15) is 4.79 Å². The fourth-order valence-electron chi connectivity index (χ4n) is 0.899. The molecule has 0 radical (unpaired) electrons. The summed E-state index contributed by atoms with van der Waals surface area (Å²) in [5.41, 5.74) is 0.247. The van der Waals surface area contributed by atoms with Crippen molar-refractivity contribution in [3.05, 3.63) is 28.0 Å². The molecule has 1 heterocycles. The number of halogens is 2. The van der Waals surface area contributed by atoms with Crippen LogP contribution in [-0.4, -0.2) is 17.1 Å². The largest absolute Gasteiger partial charge is 0.459 e. The van der Waals surface area contributed by atoms with E-state index in [1.165, 1.54) is 12.3 Å². The zero-order chi connectivity index (χ0) is 11.4. The number of nitrogens with zero attached hydrogens (tertiary/aromatic N) is 1. The molecule has 0 amide bonds. The van der Waals surface area contributed by atoms with E-state index in [1.807, 2.05) is 13.8 Å². The van der Waals surface area contributed by atoms with Gasteiger partial charge in [-0.25, -0.2) is 9.78 Å². The average Bonchev–Trinajstić information content (AvgIpc) is 2.21. The minimum absolute atomic E-state index is 0.138. The summed E-state index contributed by atoms with van der Waals surface area (Å²) in [4.78, 5) is 15.3. The Hall–Kier alpha value is -0.800. The fraction of sp³-hybridized carbons (Fsp3) is 0.400. The molecule has 0 aliphatic rings. The van der Waals surface area contributed by atoms with Crippen LogP contribution in [0.2, 0.25) is 10.2 Å². The van der Waals surface area contributed by atoms with Crippen molar-refractivity contribution in [2.75, 3.05) is 0 Å². The minimum atomic E-state index is -0.473. The lowest BCUT2D eigenvalue weighted by molar-refractivity contribution is 0.0334. The van der Waals surface area contributed by atoms with Crippen LogP contribution in [-0.2, 0) is 4.74 Å². The van der Waals surface area contributed by atoms with Crippen LogP contribution in [0.15, 0.2) is 12.3 Å². The molecule has 15 heavy (non-hydrogen) atoms. The highest BCUT2D eigenvalue weighted by Gasteiger charge is 2.15. The number of rotatable bonds is 3. The topological polar surface area (TPSA) is 39.2 Å². The molecule has 0 bridgehead atoms. The molecule has 0 aliphatic carbocycles. The van der Waals surface area contributed by atoms with Crippen molar-refractivity contribution in [3.8, 4) is 0 Å². The molecule has 3 nitrogen and oxygen atoms in total. The van der Waals surface area contributed by atoms with Crippen LogP contribution in [0.25, 0.3) is 0 Å². The van der Waals surface area contributed by atoms with Crippen LogP contribution in [0.4, 0.5) is 0 Å². The molecule has 0 aromatic carbocycles. The van der Waals surface area contributed by atoms with E-state index in [2.05, 4.69) is 4.98 Å². The van der Waals surface area contributed by atoms with Crippen molar-refractivity contribution in [3.63, 3.8) is 0 Å². The molecule has 0 spiro atoms. The van der Waals surface area contributed by atoms with Gasteiger partial charge in [-0.15, -0.1) is 0 Å². The van der Waals surface area contributed by atoms with Crippen LogP contribution in [0.1, 0.15) is 30.6 Å². The summed E-state index contributed by atoms with van der Waals surface area (Å²) in [5.74, 6) is -0.473. The van der Waals surface area contributed by atoms with Crippen molar-refractivity contribution < 1.29 is 9.53 Å². The number of carbonyl (C=O) groups is 1. The molecule has 0 N–H and O–H groups in total. The van der Waals surface area contributed by atoms with Crippen molar-refractivity contribution in [1.29, 1.82) is 0 Å². The summed E-state index contributed by atoms with van der Waals surface area (Å²) in [7, 11) is 0. The van der Waals surface area contributed by atoms with Gasteiger partial charge in [0.2, 0.25) is 0 Å². The summed E-state index contributed by atoms with van der Waals surface area (Å²) in [6.07, 6.45) is 1.94. The van der Waals surface area contributed by atoms with E-state index in [0.717, 1.165) is 6.42 Å². The molecule has 0 aliphatic heterocycles. The second-order valence-corrected chi connectivity index (χ2v) is 3.91.